The summed E-state index contributed by atoms with van der Waals surface area (Å²) in [7, 11) is 1.68. The minimum absolute atomic E-state index is 0.277. The van der Waals surface area contributed by atoms with Crippen molar-refractivity contribution in [2.45, 2.75) is 39.0 Å². The zero-order chi connectivity index (χ0) is 15.4. The Labute approximate surface area is 124 Å². The van der Waals surface area contributed by atoms with E-state index in [1.54, 1.807) is 7.11 Å². The van der Waals surface area contributed by atoms with Crippen LogP contribution in [0.3, 0.4) is 0 Å². The normalized spacial score (nSPS) is 15.1. The molecular weight excluding hydrogens is 271 g/mol. The van der Waals surface area contributed by atoms with Gasteiger partial charge >= 0.3 is 0 Å². The van der Waals surface area contributed by atoms with Crippen LogP contribution in [0.2, 0.25) is 0 Å². The fourth-order valence-electron chi connectivity index (χ4n) is 2.67. The number of hydrogen-bond donors (Lipinski definition) is 2. The van der Waals surface area contributed by atoms with E-state index in [0.717, 1.165) is 37.5 Å². The van der Waals surface area contributed by atoms with Gasteiger partial charge in [-0.3, -0.25) is 0 Å². The van der Waals surface area contributed by atoms with Crippen LogP contribution in [0, 0.1) is 5.82 Å². The molecule has 2 rings (SSSR count). The molecule has 0 bridgehead atoms. The molecule has 0 saturated heterocycles. The number of aryl methyl sites for hydroxylation is 1. The van der Waals surface area contributed by atoms with Crippen molar-refractivity contribution in [2.75, 3.05) is 7.11 Å². The Bertz CT molecular complexity index is 588. The molecule has 114 valence electrons. The minimum Gasteiger partial charge on any atom is -0.504 e. The minimum atomic E-state index is -0.479. The molecule has 2 N–H and O–H groups in total. The SMILES string of the molecule is CCC1=C(CCc2cc(O)c(O)cc2F)CC=C(OC)C1. The number of halogens is 1. The highest BCUT2D eigenvalue weighted by atomic mass is 19.1. The summed E-state index contributed by atoms with van der Waals surface area (Å²) in [6.07, 6.45) is 5.94. The van der Waals surface area contributed by atoms with Crippen molar-refractivity contribution >= 4 is 0 Å². The Morgan fingerprint density at radius 2 is 1.86 bits per heavy atom. The number of methoxy groups -OCH3 is 1. The average molecular weight is 292 g/mol. The first-order chi connectivity index (χ1) is 10.0. The first-order valence-electron chi connectivity index (χ1n) is 7.18. The average Bonchev–Trinajstić information content (AvgIpc) is 2.49. The van der Waals surface area contributed by atoms with Crippen molar-refractivity contribution in [1.29, 1.82) is 0 Å². The number of hydrogen-bond acceptors (Lipinski definition) is 3. The third kappa shape index (κ3) is 3.57. The summed E-state index contributed by atoms with van der Waals surface area (Å²) in [5.41, 5.74) is 3.08. The molecule has 0 spiro atoms. The van der Waals surface area contributed by atoms with E-state index in [-0.39, 0.29) is 5.75 Å². The Morgan fingerprint density at radius 3 is 2.52 bits per heavy atom. The molecule has 0 unspecified atom stereocenters. The molecule has 1 aliphatic carbocycles. The van der Waals surface area contributed by atoms with Crippen LogP contribution < -0.4 is 0 Å². The lowest BCUT2D eigenvalue weighted by Crippen LogP contribution is -2.03. The van der Waals surface area contributed by atoms with E-state index in [2.05, 4.69) is 13.0 Å². The lowest BCUT2D eigenvalue weighted by Gasteiger charge is -2.20. The number of benzene rings is 1. The first-order valence-corrected chi connectivity index (χ1v) is 7.18. The highest BCUT2D eigenvalue weighted by Crippen LogP contribution is 2.32. The van der Waals surface area contributed by atoms with E-state index in [4.69, 9.17) is 4.74 Å². The molecule has 0 fully saturated rings. The molecule has 21 heavy (non-hydrogen) atoms. The number of phenols is 2. The molecule has 0 amide bonds. The first kappa shape index (κ1) is 15.4. The molecule has 0 aromatic heterocycles. The van der Waals surface area contributed by atoms with Gasteiger partial charge in [0.1, 0.15) is 5.82 Å². The third-order valence-corrected chi connectivity index (χ3v) is 3.99. The second-order valence-electron chi connectivity index (χ2n) is 5.25. The summed E-state index contributed by atoms with van der Waals surface area (Å²) in [5, 5.41) is 18.7. The number of aromatic hydroxyl groups is 2. The summed E-state index contributed by atoms with van der Waals surface area (Å²) in [4.78, 5) is 0. The second kappa shape index (κ2) is 6.66. The van der Waals surface area contributed by atoms with Crippen LogP contribution in [0.1, 0.15) is 38.2 Å². The van der Waals surface area contributed by atoms with E-state index in [9.17, 15) is 14.6 Å². The zero-order valence-electron chi connectivity index (χ0n) is 12.4. The van der Waals surface area contributed by atoms with Crippen LogP contribution in [-0.2, 0) is 11.2 Å². The number of phenolic OH excluding ortho intramolecular Hbond substituents is 2. The van der Waals surface area contributed by atoms with Crippen LogP contribution in [0.25, 0.3) is 0 Å². The van der Waals surface area contributed by atoms with Crippen LogP contribution in [0.15, 0.2) is 35.1 Å². The molecule has 1 aromatic rings. The summed E-state index contributed by atoms with van der Waals surface area (Å²) < 4.78 is 19.0. The fraction of sp³-hybridized carbons (Fsp3) is 0.412. The lowest BCUT2D eigenvalue weighted by atomic mass is 9.90. The fourth-order valence-corrected chi connectivity index (χ4v) is 2.67. The van der Waals surface area contributed by atoms with Crippen molar-refractivity contribution in [3.63, 3.8) is 0 Å². The molecule has 3 nitrogen and oxygen atoms in total. The van der Waals surface area contributed by atoms with Crippen molar-refractivity contribution in [3.8, 4) is 11.5 Å². The summed E-state index contributed by atoms with van der Waals surface area (Å²) >= 11 is 0. The molecule has 1 aliphatic rings. The predicted octanol–water partition coefficient (Wildman–Crippen LogP) is 4.20. The Balaban J connectivity index is 2.09. The predicted molar refractivity (Wildman–Crippen MR) is 79.7 cm³/mol. The van der Waals surface area contributed by atoms with Gasteiger partial charge in [-0.1, -0.05) is 18.1 Å². The highest BCUT2D eigenvalue weighted by Gasteiger charge is 2.15. The summed E-state index contributed by atoms with van der Waals surface area (Å²) in [6.45, 7) is 2.11. The highest BCUT2D eigenvalue weighted by molar-refractivity contribution is 5.42. The van der Waals surface area contributed by atoms with Crippen LogP contribution in [0.4, 0.5) is 4.39 Å². The Morgan fingerprint density at radius 1 is 1.14 bits per heavy atom. The maximum atomic E-state index is 13.8. The van der Waals surface area contributed by atoms with Crippen molar-refractivity contribution in [3.05, 3.63) is 46.5 Å². The standard InChI is InChI=1S/C17H21FO3/c1-3-11-8-14(21-2)7-6-12(11)4-5-13-9-16(19)17(20)10-15(13)18/h7,9-10,19-20H,3-6,8H2,1-2H3. The molecule has 0 radical (unpaired) electrons. The van der Waals surface area contributed by atoms with Gasteiger partial charge in [0.25, 0.3) is 0 Å². The van der Waals surface area contributed by atoms with Crippen LogP contribution in [0.5, 0.6) is 11.5 Å². The van der Waals surface area contributed by atoms with Crippen LogP contribution in [-0.4, -0.2) is 17.3 Å². The molecular formula is C17H21FO3. The summed E-state index contributed by atoms with van der Waals surface area (Å²) in [5.74, 6) is -0.187. The van der Waals surface area contributed by atoms with Gasteiger partial charge in [0.05, 0.1) is 12.9 Å². The Hall–Kier alpha value is -1.97. The largest absolute Gasteiger partial charge is 0.504 e. The maximum Gasteiger partial charge on any atom is 0.160 e. The van der Waals surface area contributed by atoms with Gasteiger partial charge in [-0.2, -0.15) is 0 Å². The molecule has 0 heterocycles. The maximum absolute atomic E-state index is 13.8. The van der Waals surface area contributed by atoms with E-state index < -0.39 is 11.6 Å². The third-order valence-electron chi connectivity index (χ3n) is 3.99. The number of allylic oxidation sites excluding steroid dienone is 3. The Kier molecular flexibility index (Phi) is 4.89. The summed E-state index contributed by atoms with van der Waals surface area (Å²) in [6, 6.07) is 2.26. The lowest BCUT2D eigenvalue weighted by molar-refractivity contribution is 0.278. The van der Waals surface area contributed by atoms with Gasteiger partial charge in [0.15, 0.2) is 11.5 Å². The topological polar surface area (TPSA) is 49.7 Å². The van der Waals surface area contributed by atoms with Gasteiger partial charge in [-0.25, -0.2) is 4.39 Å². The van der Waals surface area contributed by atoms with Crippen molar-refractivity contribution in [1.82, 2.24) is 0 Å². The van der Waals surface area contributed by atoms with Gasteiger partial charge < -0.3 is 14.9 Å². The molecule has 0 saturated carbocycles. The number of ether oxygens (including phenoxy) is 1. The quantitative estimate of drug-likeness (QED) is 0.631. The van der Waals surface area contributed by atoms with Gasteiger partial charge in [-0.05, 0) is 43.4 Å². The molecule has 0 aliphatic heterocycles. The molecule has 1 aromatic carbocycles. The van der Waals surface area contributed by atoms with Gasteiger partial charge in [0.2, 0.25) is 0 Å². The van der Waals surface area contributed by atoms with E-state index in [0.29, 0.717) is 12.0 Å². The zero-order valence-corrected chi connectivity index (χ0v) is 12.4. The van der Waals surface area contributed by atoms with E-state index >= 15 is 0 Å². The van der Waals surface area contributed by atoms with Crippen molar-refractivity contribution in [2.24, 2.45) is 0 Å². The van der Waals surface area contributed by atoms with Gasteiger partial charge in [-0.15, -0.1) is 0 Å². The molecule has 0 atom stereocenters. The smallest absolute Gasteiger partial charge is 0.160 e. The van der Waals surface area contributed by atoms with E-state index in [1.165, 1.54) is 17.2 Å². The van der Waals surface area contributed by atoms with Crippen molar-refractivity contribution < 1.29 is 19.3 Å². The van der Waals surface area contributed by atoms with Crippen LogP contribution >= 0.6 is 0 Å². The molecule has 4 heteroatoms. The van der Waals surface area contributed by atoms with Gasteiger partial charge in [0, 0.05) is 12.5 Å². The monoisotopic (exact) mass is 292 g/mol. The number of rotatable bonds is 5. The second-order valence-corrected chi connectivity index (χ2v) is 5.25. The van der Waals surface area contributed by atoms with E-state index in [1.807, 2.05) is 0 Å².